The van der Waals surface area contributed by atoms with Crippen LogP contribution in [-0.4, -0.2) is 36.6 Å². The summed E-state index contributed by atoms with van der Waals surface area (Å²) in [6.45, 7) is 1.38. The Kier molecular flexibility index (Phi) is 6.50. The Morgan fingerprint density at radius 3 is 2.82 bits per heavy atom. The van der Waals surface area contributed by atoms with Gasteiger partial charge in [-0.3, -0.25) is 0 Å². The smallest absolute Gasteiger partial charge is 0.129 e. The highest BCUT2D eigenvalue weighted by Crippen LogP contribution is 2.24. The lowest BCUT2D eigenvalue weighted by Gasteiger charge is -2.17. The van der Waals surface area contributed by atoms with E-state index in [9.17, 15) is 5.11 Å². The Morgan fingerprint density at radius 1 is 1.47 bits per heavy atom. The molecule has 5 heteroatoms. The van der Waals surface area contributed by atoms with Crippen molar-refractivity contribution in [3.63, 3.8) is 0 Å². The maximum atomic E-state index is 9.37. The highest BCUT2D eigenvalue weighted by molar-refractivity contribution is 9.10. The molecule has 3 N–H and O–H groups in total. The standard InChI is InChI=1S/C12H18BrNO3/c1-17-8-10(4-5-15)14-7-9-2-3-12(16)11(13)6-9/h2-3,6,10,14-16H,4-5,7-8H2,1H3. The molecule has 0 aliphatic carbocycles. The predicted molar refractivity (Wildman–Crippen MR) is 70.0 cm³/mol. The van der Waals surface area contributed by atoms with Gasteiger partial charge in [0.05, 0.1) is 11.1 Å². The van der Waals surface area contributed by atoms with Crippen LogP contribution in [-0.2, 0) is 11.3 Å². The van der Waals surface area contributed by atoms with Gasteiger partial charge >= 0.3 is 0 Å². The Morgan fingerprint density at radius 2 is 2.24 bits per heavy atom. The molecule has 0 heterocycles. The number of phenols is 1. The van der Waals surface area contributed by atoms with E-state index in [1.54, 1.807) is 13.2 Å². The van der Waals surface area contributed by atoms with Gasteiger partial charge in [0.2, 0.25) is 0 Å². The Labute approximate surface area is 110 Å². The molecule has 1 unspecified atom stereocenters. The zero-order valence-electron chi connectivity index (χ0n) is 9.82. The number of halogens is 1. The van der Waals surface area contributed by atoms with Gasteiger partial charge in [0, 0.05) is 26.3 Å². The number of methoxy groups -OCH3 is 1. The summed E-state index contributed by atoms with van der Waals surface area (Å²) in [7, 11) is 1.64. The largest absolute Gasteiger partial charge is 0.507 e. The van der Waals surface area contributed by atoms with Gasteiger partial charge in [0.1, 0.15) is 5.75 Å². The van der Waals surface area contributed by atoms with Crippen LogP contribution in [0.25, 0.3) is 0 Å². The molecule has 0 radical (unpaired) electrons. The van der Waals surface area contributed by atoms with E-state index in [-0.39, 0.29) is 18.4 Å². The van der Waals surface area contributed by atoms with E-state index in [0.29, 0.717) is 24.0 Å². The zero-order chi connectivity index (χ0) is 12.7. The van der Waals surface area contributed by atoms with Gasteiger partial charge in [-0.1, -0.05) is 6.07 Å². The minimum Gasteiger partial charge on any atom is -0.507 e. The van der Waals surface area contributed by atoms with Crippen molar-refractivity contribution < 1.29 is 14.9 Å². The van der Waals surface area contributed by atoms with Crippen LogP contribution >= 0.6 is 15.9 Å². The number of aromatic hydroxyl groups is 1. The van der Waals surface area contributed by atoms with Gasteiger partial charge in [-0.25, -0.2) is 0 Å². The summed E-state index contributed by atoms with van der Waals surface area (Å²) >= 11 is 3.27. The number of aliphatic hydroxyl groups is 1. The van der Waals surface area contributed by atoms with Gasteiger partial charge in [0.15, 0.2) is 0 Å². The number of rotatable bonds is 7. The first-order valence-electron chi connectivity index (χ1n) is 5.48. The third-order valence-electron chi connectivity index (χ3n) is 2.45. The quantitative estimate of drug-likeness (QED) is 0.717. The molecule has 1 aromatic rings. The first-order chi connectivity index (χ1) is 8.17. The van der Waals surface area contributed by atoms with Crippen LogP contribution in [0.4, 0.5) is 0 Å². The van der Waals surface area contributed by atoms with Gasteiger partial charge in [-0.15, -0.1) is 0 Å². The van der Waals surface area contributed by atoms with E-state index in [2.05, 4.69) is 21.2 Å². The number of aliphatic hydroxyl groups excluding tert-OH is 1. The van der Waals surface area contributed by atoms with Crippen molar-refractivity contribution in [2.45, 2.75) is 19.0 Å². The molecule has 0 aliphatic rings. The van der Waals surface area contributed by atoms with Gasteiger partial charge in [-0.05, 0) is 40.0 Å². The highest BCUT2D eigenvalue weighted by atomic mass is 79.9. The molecule has 0 aromatic heterocycles. The lowest BCUT2D eigenvalue weighted by atomic mass is 10.2. The van der Waals surface area contributed by atoms with Crippen molar-refractivity contribution in [1.82, 2.24) is 5.32 Å². The molecule has 96 valence electrons. The van der Waals surface area contributed by atoms with Crippen LogP contribution in [0.3, 0.4) is 0 Å². The first kappa shape index (κ1) is 14.4. The maximum absolute atomic E-state index is 9.37. The second-order valence-electron chi connectivity index (χ2n) is 3.83. The number of nitrogens with one attached hydrogen (secondary N) is 1. The third kappa shape index (κ3) is 5.04. The van der Waals surface area contributed by atoms with Crippen LogP contribution in [0.1, 0.15) is 12.0 Å². The normalized spacial score (nSPS) is 12.6. The van der Waals surface area contributed by atoms with Crippen molar-refractivity contribution >= 4 is 15.9 Å². The Balaban J connectivity index is 2.49. The fraction of sp³-hybridized carbons (Fsp3) is 0.500. The van der Waals surface area contributed by atoms with Crippen LogP contribution in [0.15, 0.2) is 22.7 Å². The minimum absolute atomic E-state index is 0.137. The summed E-state index contributed by atoms with van der Waals surface area (Å²) in [4.78, 5) is 0. The molecule has 1 aromatic carbocycles. The van der Waals surface area contributed by atoms with E-state index in [1.807, 2.05) is 12.1 Å². The fourth-order valence-electron chi connectivity index (χ4n) is 1.52. The molecule has 1 rings (SSSR count). The van der Waals surface area contributed by atoms with Crippen LogP contribution < -0.4 is 5.32 Å². The molecular weight excluding hydrogens is 286 g/mol. The summed E-state index contributed by atoms with van der Waals surface area (Å²) in [6, 6.07) is 5.51. The van der Waals surface area contributed by atoms with E-state index in [4.69, 9.17) is 9.84 Å². The van der Waals surface area contributed by atoms with Crippen molar-refractivity contribution in [2.24, 2.45) is 0 Å². The zero-order valence-corrected chi connectivity index (χ0v) is 11.4. The molecule has 0 saturated carbocycles. The monoisotopic (exact) mass is 303 g/mol. The van der Waals surface area contributed by atoms with E-state index in [0.717, 1.165) is 5.56 Å². The van der Waals surface area contributed by atoms with Gasteiger partial charge in [0.25, 0.3) is 0 Å². The maximum Gasteiger partial charge on any atom is 0.129 e. The van der Waals surface area contributed by atoms with Crippen molar-refractivity contribution in [3.8, 4) is 5.75 Å². The molecular formula is C12H18BrNO3. The van der Waals surface area contributed by atoms with Gasteiger partial charge < -0.3 is 20.3 Å². The summed E-state index contributed by atoms with van der Waals surface area (Å²) in [5.74, 6) is 0.234. The molecule has 0 fully saturated rings. The summed E-state index contributed by atoms with van der Waals surface area (Å²) in [5.41, 5.74) is 1.06. The van der Waals surface area contributed by atoms with Crippen molar-refractivity contribution in [3.05, 3.63) is 28.2 Å². The molecule has 0 saturated heterocycles. The average Bonchev–Trinajstić information content (AvgIpc) is 2.31. The first-order valence-corrected chi connectivity index (χ1v) is 6.27. The second-order valence-corrected chi connectivity index (χ2v) is 4.69. The molecule has 17 heavy (non-hydrogen) atoms. The topological polar surface area (TPSA) is 61.7 Å². The number of benzene rings is 1. The summed E-state index contributed by atoms with van der Waals surface area (Å²) < 4.78 is 5.75. The van der Waals surface area contributed by atoms with E-state index < -0.39 is 0 Å². The van der Waals surface area contributed by atoms with E-state index in [1.165, 1.54) is 0 Å². The van der Waals surface area contributed by atoms with Gasteiger partial charge in [-0.2, -0.15) is 0 Å². The molecule has 0 amide bonds. The van der Waals surface area contributed by atoms with E-state index >= 15 is 0 Å². The van der Waals surface area contributed by atoms with Crippen LogP contribution in [0, 0.1) is 0 Å². The molecule has 4 nitrogen and oxygen atoms in total. The summed E-state index contributed by atoms with van der Waals surface area (Å²) in [5, 5.41) is 21.6. The number of hydrogen-bond acceptors (Lipinski definition) is 4. The molecule has 0 spiro atoms. The molecule has 1 atom stereocenters. The van der Waals surface area contributed by atoms with Crippen LogP contribution in [0.2, 0.25) is 0 Å². The lowest BCUT2D eigenvalue weighted by Crippen LogP contribution is -2.33. The number of phenolic OH excluding ortho intramolecular Hbond substituents is 1. The van der Waals surface area contributed by atoms with Crippen LogP contribution in [0.5, 0.6) is 5.75 Å². The van der Waals surface area contributed by atoms with Crippen molar-refractivity contribution in [1.29, 1.82) is 0 Å². The Bertz CT molecular complexity index is 341. The molecule has 0 bridgehead atoms. The lowest BCUT2D eigenvalue weighted by molar-refractivity contribution is 0.148. The highest BCUT2D eigenvalue weighted by Gasteiger charge is 2.07. The molecule has 0 aliphatic heterocycles. The number of hydrogen-bond donors (Lipinski definition) is 3. The Hall–Kier alpha value is -0.620. The average molecular weight is 304 g/mol. The SMILES string of the molecule is COCC(CCO)NCc1ccc(O)c(Br)c1. The summed E-state index contributed by atoms with van der Waals surface area (Å²) in [6.07, 6.45) is 0.660. The fourth-order valence-corrected chi connectivity index (χ4v) is 1.95. The number of ether oxygens (including phenoxy) is 1. The van der Waals surface area contributed by atoms with Crippen molar-refractivity contribution in [2.75, 3.05) is 20.3 Å². The second kappa shape index (κ2) is 7.66. The minimum atomic E-state index is 0.137. The third-order valence-corrected chi connectivity index (χ3v) is 3.09. The predicted octanol–water partition coefficient (Wildman–Crippen LogP) is 1.64.